The average molecular weight is 483 g/mol. The molecule has 3 rings (SSSR count). The van der Waals surface area contributed by atoms with Gasteiger partial charge in [-0.05, 0) is 59.6 Å². The van der Waals surface area contributed by atoms with Crippen molar-refractivity contribution in [3.8, 4) is 0 Å². The maximum atomic E-state index is 12.9. The van der Waals surface area contributed by atoms with E-state index in [1.54, 1.807) is 11.8 Å². The molecule has 0 bridgehead atoms. The molecule has 6 heteroatoms. The molecule has 32 heavy (non-hydrogen) atoms. The van der Waals surface area contributed by atoms with Crippen molar-refractivity contribution in [2.45, 2.75) is 31.1 Å². The fraction of sp³-hybridized carbons (Fsp3) is 0.231. The fourth-order valence-electron chi connectivity index (χ4n) is 3.07. The van der Waals surface area contributed by atoms with Gasteiger partial charge in [0.25, 0.3) is 0 Å². The van der Waals surface area contributed by atoms with E-state index in [0.29, 0.717) is 16.2 Å². The van der Waals surface area contributed by atoms with Crippen molar-refractivity contribution in [3.63, 3.8) is 0 Å². The molecule has 3 nitrogen and oxygen atoms in total. The quantitative estimate of drug-likeness (QED) is 0.165. The zero-order valence-corrected chi connectivity index (χ0v) is 20.8. The second kappa shape index (κ2) is 11.0. The van der Waals surface area contributed by atoms with Gasteiger partial charge in [0.15, 0.2) is 10.9 Å². The lowest BCUT2D eigenvalue weighted by Crippen LogP contribution is -2.30. The molecule has 0 saturated heterocycles. The maximum absolute atomic E-state index is 12.9. The summed E-state index contributed by atoms with van der Waals surface area (Å²) in [6, 6.07) is 23.0. The van der Waals surface area contributed by atoms with E-state index < -0.39 is 0 Å². The van der Waals surface area contributed by atoms with Gasteiger partial charge in [0.2, 0.25) is 0 Å². The topological polar surface area (TPSA) is 41.1 Å². The highest BCUT2D eigenvalue weighted by molar-refractivity contribution is 7.99. The maximum Gasteiger partial charge on any atom is 0.193 e. The third kappa shape index (κ3) is 7.09. The van der Waals surface area contributed by atoms with Crippen molar-refractivity contribution >= 4 is 52.2 Å². The van der Waals surface area contributed by atoms with E-state index in [9.17, 15) is 4.79 Å². The number of hydrogen-bond acceptors (Lipinski definition) is 3. The van der Waals surface area contributed by atoms with E-state index in [1.807, 2.05) is 72.8 Å². The Kier molecular flexibility index (Phi) is 8.35. The number of nitrogens with one attached hydrogen (secondary N) is 2. The standard InChI is InChI=1S/C26H27ClN2OS2/c1-26(2,3)20-9-7-18(8-10-20)24(30)19-5-4-6-22(17-19)29-25(31)28-15-16-32-23-13-11-21(27)12-14-23/h4-14,17H,15-16H2,1-3H3,(H2,28,29,31). The smallest absolute Gasteiger partial charge is 0.193 e. The second-order valence-corrected chi connectivity index (χ2v) is 10.4. The van der Waals surface area contributed by atoms with Gasteiger partial charge in [-0.15, -0.1) is 11.8 Å². The number of benzene rings is 3. The number of thioether (sulfide) groups is 1. The van der Waals surface area contributed by atoms with Crippen LogP contribution >= 0.6 is 35.6 Å². The number of thiocarbonyl (C=S) groups is 1. The number of carbonyl (C=O) groups is 1. The monoisotopic (exact) mass is 482 g/mol. The Labute approximate surface area is 205 Å². The summed E-state index contributed by atoms with van der Waals surface area (Å²) in [6.07, 6.45) is 0. The highest BCUT2D eigenvalue weighted by atomic mass is 35.5. The summed E-state index contributed by atoms with van der Waals surface area (Å²) < 4.78 is 0. The Morgan fingerprint density at radius 2 is 1.66 bits per heavy atom. The minimum atomic E-state index is -0.00708. The van der Waals surface area contributed by atoms with Crippen LogP contribution in [0.5, 0.6) is 0 Å². The van der Waals surface area contributed by atoms with E-state index in [2.05, 4.69) is 31.4 Å². The summed E-state index contributed by atoms with van der Waals surface area (Å²) in [5.74, 6) is 0.861. The number of carbonyl (C=O) groups excluding carboxylic acids is 1. The summed E-state index contributed by atoms with van der Waals surface area (Å²) in [6.45, 7) is 7.20. The van der Waals surface area contributed by atoms with Gasteiger partial charge in [0.05, 0.1) is 0 Å². The van der Waals surface area contributed by atoms with Gasteiger partial charge in [0.1, 0.15) is 0 Å². The largest absolute Gasteiger partial charge is 0.362 e. The molecule has 0 aliphatic rings. The Balaban J connectivity index is 1.53. The summed E-state index contributed by atoms with van der Waals surface area (Å²) >= 11 is 13.0. The van der Waals surface area contributed by atoms with Gasteiger partial charge in [0, 0.05) is 39.0 Å². The van der Waals surface area contributed by atoms with Crippen LogP contribution in [0, 0.1) is 0 Å². The number of anilines is 1. The molecular weight excluding hydrogens is 456 g/mol. The third-order valence-electron chi connectivity index (χ3n) is 4.87. The molecule has 0 heterocycles. The van der Waals surface area contributed by atoms with Gasteiger partial charge in [-0.3, -0.25) is 4.79 Å². The van der Waals surface area contributed by atoms with Crippen LogP contribution in [-0.2, 0) is 5.41 Å². The molecule has 0 spiro atoms. The zero-order valence-electron chi connectivity index (χ0n) is 18.4. The van der Waals surface area contributed by atoms with Crippen LogP contribution < -0.4 is 10.6 Å². The van der Waals surface area contributed by atoms with E-state index in [-0.39, 0.29) is 11.2 Å². The summed E-state index contributed by atoms with van der Waals surface area (Å²) in [4.78, 5) is 14.1. The molecule has 0 fully saturated rings. The van der Waals surface area contributed by atoms with Crippen LogP contribution in [0.4, 0.5) is 5.69 Å². The van der Waals surface area contributed by atoms with Gasteiger partial charge in [-0.2, -0.15) is 0 Å². The SMILES string of the molecule is CC(C)(C)c1ccc(C(=O)c2cccc(NC(=S)NCCSc3ccc(Cl)cc3)c2)cc1. The Morgan fingerprint density at radius 3 is 2.31 bits per heavy atom. The predicted octanol–water partition coefficient (Wildman–Crippen LogP) is 6.95. The lowest BCUT2D eigenvalue weighted by Gasteiger charge is -2.19. The molecule has 2 N–H and O–H groups in total. The molecule has 0 saturated carbocycles. The minimum Gasteiger partial charge on any atom is -0.362 e. The number of halogens is 1. The summed E-state index contributed by atoms with van der Waals surface area (Å²) in [5, 5.41) is 7.63. The number of hydrogen-bond donors (Lipinski definition) is 2. The average Bonchev–Trinajstić information content (AvgIpc) is 2.77. The first kappa shape index (κ1) is 24.3. The first-order valence-electron chi connectivity index (χ1n) is 10.4. The highest BCUT2D eigenvalue weighted by Gasteiger charge is 2.15. The Hall–Kier alpha value is -2.34. The molecule has 0 aromatic heterocycles. The van der Waals surface area contributed by atoms with Crippen molar-refractivity contribution in [1.29, 1.82) is 0 Å². The van der Waals surface area contributed by atoms with Crippen LogP contribution in [0.25, 0.3) is 0 Å². The number of rotatable bonds is 7. The van der Waals surface area contributed by atoms with Gasteiger partial charge in [-0.25, -0.2) is 0 Å². The van der Waals surface area contributed by atoms with Crippen LogP contribution in [0.1, 0.15) is 42.3 Å². The van der Waals surface area contributed by atoms with E-state index in [1.165, 1.54) is 5.56 Å². The number of ketones is 1. The molecule has 0 amide bonds. The summed E-state index contributed by atoms with van der Waals surface area (Å²) in [7, 11) is 0. The highest BCUT2D eigenvalue weighted by Crippen LogP contribution is 2.23. The molecule has 0 aliphatic heterocycles. The van der Waals surface area contributed by atoms with Crippen LogP contribution in [-0.4, -0.2) is 23.2 Å². The van der Waals surface area contributed by atoms with Crippen molar-refractivity contribution in [2.75, 3.05) is 17.6 Å². The van der Waals surface area contributed by atoms with E-state index in [4.69, 9.17) is 23.8 Å². The predicted molar refractivity (Wildman–Crippen MR) is 141 cm³/mol. The van der Waals surface area contributed by atoms with Crippen molar-refractivity contribution in [3.05, 3.63) is 94.5 Å². The van der Waals surface area contributed by atoms with E-state index >= 15 is 0 Å². The molecule has 3 aromatic carbocycles. The van der Waals surface area contributed by atoms with Crippen LogP contribution in [0.15, 0.2) is 77.7 Å². The minimum absolute atomic E-state index is 0.00708. The molecule has 0 atom stereocenters. The lowest BCUT2D eigenvalue weighted by atomic mass is 9.86. The first-order chi connectivity index (χ1) is 15.2. The van der Waals surface area contributed by atoms with E-state index in [0.717, 1.165) is 27.9 Å². The zero-order chi connectivity index (χ0) is 23.1. The molecule has 3 aromatic rings. The first-order valence-corrected chi connectivity index (χ1v) is 12.2. The van der Waals surface area contributed by atoms with Crippen molar-refractivity contribution in [1.82, 2.24) is 5.32 Å². The van der Waals surface area contributed by atoms with Crippen molar-refractivity contribution < 1.29 is 4.79 Å². The molecule has 0 unspecified atom stereocenters. The van der Waals surface area contributed by atoms with Gasteiger partial charge in [-0.1, -0.05) is 68.8 Å². The molecule has 166 valence electrons. The van der Waals surface area contributed by atoms with Crippen molar-refractivity contribution in [2.24, 2.45) is 0 Å². The Bertz CT molecular complexity index is 1070. The van der Waals surface area contributed by atoms with Gasteiger partial charge >= 0.3 is 0 Å². The Morgan fingerprint density at radius 1 is 0.969 bits per heavy atom. The van der Waals surface area contributed by atoms with Crippen LogP contribution in [0.2, 0.25) is 5.02 Å². The molecule has 0 radical (unpaired) electrons. The second-order valence-electron chi connectivity index (χ2n) is 8.42. The normalized spacial score (nSPS) is 11.1. The fourth-order valence-corrected chi connectivity index (χ4v) is 4.18. The molecule has 0 aliphatic carbocycles. The lowest BCUT2D eigenvalue weighted by molar-refractivity contribution is 0.103. The summed E-state index contributed by atoms with van der Waals surface area (Å²) in [5.41, 5.74) is 3.34. The van der Waals surface area contributed by atoms with Crippen LogP contribution in [0.3, 0.4) is 0 Å². The third-order valence-corrected chi connectivity index (χ3v) is 6.38. The van der Waals surface area contributed by atoms with Gasteiger partial charge < -0.3 is 10.6 Å². The molecular formula is C26H27ClN2OS2.